The van der Waals surface area contributed by atoms with E-state index in [-0.39, 0.29) is 12.3 Å². The molecule has 0 spiro atoms. The molecule has 0 aliphatic carbocycles. The zero-order chi connectivity index (χ0) is 8.53. The minimum Gasteiger partial charge on any atom is -0.355 e. The average Bonchev–Trinajstić information content (AvgIpc) is 1.99. The van der Waals surface area contributed by atoms with Crippen LogP contribution in [-0.2, 0) is 4.79 Å². The third-order valence-corrected chi connectivity index (χ3v) is 1.06. The van der Waals surface area contributed by atoms with Crippen LogP contribution in [0.3, 0.4) is 0 Å². The fourth-order valence-electron chi connectivity index (χ4n) is 0.553. The first-order valence-corrected chi connectivity index (χ1v) is 3.38. The molecule has 1 amide bonds. The van der Waals surface area contributed by atoms with Crippen LogP contribution >= 0.6 is 0 Å². The Morgan fingerprint density at radius 3 is 2.91 bits per heavy atom. The van der Waals surface area contributed by atoms with E-state index in [2.05, 4.69) is 11.2 Å². The summed E-state index contributed by atoms with van der Waals surface area (Å²) in [6, 6.07) is 1.76. The van der Waals surface area contributed by atoms with Crippen molar-refractivity contribution in [2.24, 2.45) is 0 Å². The predicted octanol–water partition coefficient (Wildman–Crippen LogP) is 0.430. The van der Waals surface area contributed by atoms with Crippen molar-refractivity contribution >= 4 is 5.91 Å². The lowest BCUT2D eigenvalue weighted by atomic mass is 10.3. The number of hydrogen-bond donors (Lipinski definition) is 1. The largest absolute Gasteiger partial charge is 0.355 e. The van der Waals surface area contributed by atoms with Gasteiger partial charge in [-0.15, -0.1) is 12.3 Å². The van der Waals surface area contributed by atoms with Crippen LogP contribution in [0.5, 0.6) is 0 Å². The molecule has 0 saturated heterocycles. The maximum Gasteiger partial charge on any atom is 0.234 e. The molecule has 0 radical (unpaired) electrons. The number of amides is 1. The van der Waals surface area contributed by atoms with Gasteiger partial charge >= 0.3 is 0 Å². The van der Waals surface area contributed by atoms with E-state index in [0.717, 1.165) is 6.42 Å². The highest BCUT2D eigenvalue weighted by atomic mass is 16.1. The Morgan fingerprint density at radius 2 is 2.36 bits per heavy atom. The van der Waals surface area contributed by atoms with Crippen LogP contribution in [-0.4, -0.2) is 12.5 Å². The van der Waals surface area contributed by atoms with Crippen LogP contribution < -0.4 is 5.32 Å². The zero-order valence-electron chi connectivity index (χ0n) is 6.26. The van der Waals surface area contributed by atoms with Gasteiger partial charge in [-0.05, 0) is 6.42 Å². The van der Waals surface area contributed by atoms with E-state index in [1.165, 1.54) is 0 Å². The number of nitriles is 1. The smallest absolute Gasteiger partial charge is 0.234 e. The summed E-state index contributed by atoms with van der Waals surface area (Å²) in [6.45, 7) is 0.560. The fourth-order valence-corrected chi connectivity index (χ4v) is 0.553. The van der Waals surface area contributed by atoms with Gasteiger partial charge in [0.25, 0.3) is 0 Å². The van der Waals surface area contributed by atoms with Crippen LogP contribution in [0, 0.1) is 23.7 Å². The molecule has 3 heteroatoms. The molecule has 0 atom stereocenters. The first kappa shape index (κ1) is 9.52. The number of nitrogens with zero attached hydrogens (tertiary/aromatic N) is 1. The van der Waals surface area contributed by atoms with Crippen molar-refractivity contribution in [2.75, 3.05) is 6.54 Å². The molecule has 0 unspecified atom stereocenters. The number of unbranched alkanes of at least 4 members (excludes halogenated alkanes) is 1. The topological polar surface area (TPSA) is 52.9 Å². The second-order valence-electron chi connectivity index (χ2n) is 1.99. The Morgan fingerprint density at radius 1 is 1.64 bits per heavy atom. The Bertz CT molecular complexity index is 197. The number of terminal acetylenes is 1. The van der Waals surface area contributed by atoms with E-state index < -0.39 is 0 Å². The monoisotopic (exact) mass is 150 g/mol. The molecule has 0 aromatic carbocycles. The van der Waals surface area contributed by atoms with Crippen LogP contribution in [0.1, 0.15) is 19.3 Å². The highest BCUT2D eigenvalue weighted by Gasteiger charge is 1.96. The number of rotatable bonds is 4. The van der Waals surface area contributed by atoms with Gasteiger partial charge in [-0.3, -0.25) is 4.79 Å². The molecule has 0 saturated carbocycles. The highest BCUT2D eigenvalue weighted by Crippen LogP contribution is 1.83. The lowest BCUT2D eigenvalue weighted by Gasteiger charge is -1.98. The minimum atomic E-state index is -0.232. The third kappa shape index (κ3) is 6.40. The van der Waals surface area contributed by atoms with E-state index in [0.29, 0.717) is 13.0 Å². The van der Waals surface area contributed by atoms with Gasteiger partial charge in [0.2, 0.25) is 5.91 Å². The van der Waals surface area contributed by atoms with Gasteiger partial charge in [-0.1, -0.05) is 0 Å². The quantitative estimate of drug-likeness (QED) is 0.466. The van der Waals surface area contributed by atoms with E-state index in [1.54, 1.807) is 6.07 Å². The van der Waals surface area contributed by atoms with Crippen molar-refractivity contribution in [2.45, 2.75) is 19.3 Å². The molecule has 1 N–H and O–H groups in total. The standard InChI is InChI=1S/C8H10N2O/c1-2-3-4-7-10-8(11)5-6-9/h1H,3-5,7H2,(H,10,11). The molecular weight excluding hydrogens is 140 g/mol. The molecule has 58 valence electrons. The molecular formula is C8H10N2O. The molecule has 0 aromatic rings. The maximum absolute atomic E-state index is 10.6. The fraction of sp³-hybridized carbons (Fsp3) is 0.500. The van der Waals surface area contributed by atoms with Crippen molar-refractivity contribution in [1.29, 1.82) is 5.26 Å². The Kier molecular flexibility index (Phi) is 5.74. The average molecular weight is 150 g/mol. The molecule has 3 nitrogen and oxygen atoms in total. The van der Waals surface area contributed by atoms with Gasteiger partial charge < -0.3 is 5.32 Å². The predicted molar refractivity (Wildman–Crippen MR) is 41.3 cm³/mol. The van der Waals surface area contributed by atoms with Crippen molar-refractivity contribution < 1.29 is 4.79 Å². The van der Waals surface area contributed by atoms with E-state index in [4.69, 9.17) is 11.7 Å². The maximum atomic E-state index is 10.6. The van der Waals surface area contributed by atoms with Crippen LogP contribution in [0.25, 0.3) is 0 Å². The van der Waals surface area contributed by atoms with E-state index in [1.807, 2.05) is 0 Å². The lowest BCUT2D eigenvalue weighted by Crippen LogP contribution is -2.23. The zero-order valence-corrected chi connectivity index (χ0v) is 6.26. The van der Waals surface area contributed by atoms with E-state index >= 15 is 0 Å². The lowest BCUT2D eigenvalue weighted by molar-refractivity contribution is -0.120. The Labute approximate surface area is 66.4 Å². The second-order valence-corrected chi connectivity index (χ2v) is 1.99. The summed E-state index contributed by atoms with van der Waals surface area (Å²) in [5.74, 6) is 2.23. The van der Waals surface area contributed by atoms with Crippen LogP contribution in [0.15, 0.2) is 0 Å². The second kappa shape index (κ2) is 6.64. The van der Waals surface area contributed by atoms with E-state index in [9.17, 15) is 4.79 Å². The molecule has 0 rings (SSSR count). The normalized spacial score (nSPS) is 7.82. The summed E-state index contributed by atoms with van der Waals surface area (Å²) in [4.78, 5) is 10.6. The first-order chi connectivity index (χ1) is 5.31. The van der Waals surface area contributed by atoms with Gasteiger partial charge in [-0.25, -0.2) is 0 Å². The highest BCUT2D eigenvalue weighted by molar-refractivity contribution is 5.77. The summed E-state index contributed by atoms with van der Waals surface area (Å²) in [5, 5.41) is 10.7. The van der Waals surface area contributed by atoms with Crippen molar-refractivity contribution in [3.8, 4) is 18.4 Å². The number of carbonyl (C=O) groups excluding carboxylic acids is 1. The molecule has 0 aliphatic rings. The van der Waals surface area contributed by atoms with Gasteiger partial charge in [-0.2, -0.15) is 5.26 Å². The number of carbonyl (C=O) groups is 1. The summed E-state index contributed by atoms with van der Waals surface area (Å²) in [7, 11) is 0. The van der Waals surface area contributed by atoms with Gasteiger partial charge in [0.15, 0.2) is 0 Å². The number of hydrogen-bond acceptors (Lipinski definition) is 2. The van der Waals surface area contributed by atoms with Gasteiger partial charge in [0.1, 0.15) is 6.42 Å². The van der Waals surface area contributed by atoms with Crippen molar-refractivity contribution in [3.63, 3.8) is 0 Å². The van der Waals surface area contributed by atoms with Crippen molar-refractivity contribution in [3.05, 3.63) is 0 Å². The molecule has 11 heavy (non-hydrogen) atoms. The summed E-state index contributed by atoms with van der Waals surface area (Å²) in [5.41, 5.74) is 0. The Balaban J connectivity index is 3.20. The summed E-state index contributed by atoms with van der Waals surface area (Å²) in [6.07, 6.45) is 6.35. The first-order valence-electron chi connectivity index (χ1n) is 3.38. The number of nitrogens with one attached hydrogen (secondary N) is 1. The summed E-state index contributed by atoms with van der Waals surface area (Å²) < 4.78 is 0. The molecule has 0 fully saturated rings. The van der Waals surface area contributed by atoms with Crippen LogP contribution in [0.2, 0.25) is 0 Å². The molecule has 0 aliphatic heterocycles. The third-order valence-electron chi connectivity index (χ3n) is 1.06. The molecule has 0 heterocycles. The SMILES string of the molecule is C#CCCCNC(=O)CC#N. The molecule has 0 aromatic heterocycles. The van der Waals surface area contributed by atoms with Gasteiger partial charge in [0.05, 0.1) is 6.07 Å². The Hall–Kier alpha value is -1.48. The van der Waals surface area contributed by atoms with Crippen molar-refractivity contribution in [1.82, 2.24) is 5.32 Å². The van der Waals surface area contributed by atoms with Gasteiger partial charge in [0, 0.05) is 13.0 Å². The van der Waals surface area contributed by atoms with Crippen LogP contribution in [0.4, 0.5) is 0 Å². The molecule has 0 bridgehead atoms. The minimum absolute atomic E-state index is 0.0734. The summed E-state index contributed by atoms with van der Waals surface area (Å²) >= 11 is 0.